The van der Waals surface area contributed by atoms with E-state index in [1.807, 2.05) is 6.92 Å². The number of hydrogen-bond acceptors (Lipinski definition) is 6. The SMILES string of the molecule is C=C(C)C(=O)OC(CCC)C(=O)Oc1ccc(C(=O)OC(C)C)cc1. The summed E-state index contributed by atoms with van der Waals surface area (Å²) in [4.78, 5) is 35.6. The van der Waals surface area contributed by atoms with E-state index in [-0.39, 0.29) is 17.4 Å². The summed E-state index contributed by atoms with van der Waals surface area (Å²) in [5.41, 5.74) is 0.564. The monoisotopic (exact) mass is 348 g/mol. The Kier molecular flexibility index (Phi) is 7.85. The van der Waals surface area contributed by atoms with Crippen LogP contribution in [0.3, 0.4) is 0 Å². The molecule has 0 amide bonds. The quantitative estimate of drug-likeness (QED) is 0.407. The third-order valence-electron chi connectivity index (χ3n) is 3.06. The molecule has 0 saturated heterocycles. The minimum absolute atomic E-state index is 0.210. The Hall–Kier alpha value is -2.63. The van der Waals surface area contributed by atoms with Gasteiger partial charge in [-0.2, -0.15) is 0 Å². The van der Waals surface area contributed by atoms with Gasteiger partial charge >= 0.3 is 17.9 Å². The van der Waals surface area contributed by atoms with Gasteiger partial charge in [0.2, 0.25) is 0 Å². The molecular formula is C19H24O6. The Labute approximate surface area is 147 Å². The number of esters is 3. The van der Waals surface area contributed by atoms with Crippen molar-refractivity contribution in [1.29, 1.82) is 0 Å². The lowest BCUT2D eigenvalue weighted by molar-refractivity contribution is -0.159. The van der Waals surface area contributed by atoms with Crippen LogP contribution in [0.2, 0.25) is 0 Å². The van der Waals surface area contributed by atoms with Gasteiger partial charge in [0.05, 0.1) is 11.7 Å². The Morgan fingerprint density at radius 2 is 1.68 bits per heavy atom. The smallest absolute Gasteiger partial charge is 0.352 e. The van der Waals surface area contributed by atoms with Crippen molar-refractivity contribution in [3.63, 3.8) is 0 Å². The first-order chi connectivity index (χ1) is 11.7. The van der Waals surface area contributed by atoms with E-state index in [2.05, 4.69) is 6.58 Å². The summed E-state index contributed by atoms with van der Waals surface area (Å²) in [5.74, 6) is -1.51. The van der Waals surface area contributed by atoms with Crippen LogP contribution in [0.5, 0.6) is 5.75 Å². The third kappa shape index (κ3) is 6.79. The normalized spacial score (nSPS) is 11.6. The Bertz CT molecular complexity index is 630. The second kappa shape index (κ2) is 9.61. The summed E-state index contributed by atoms with van der Waals surface area (Å²) in [6, 6.07) is 5.97. The molecule has 0 aromatic heterocycles. The highest BCUT2D eigenvalue weighted by molar-refractivity contribution is 5.90. The molecule has 1 rings (SSSR count). The highest BCUT2D eigenvalue weighted by Crippen LogP contribution is 2.16. The van der Waals surface area contributed by atoms with E-state index in [9.17, 15) is 14.4 Å². The van der Waals surface area contributed by atoms with E-state index in [1.165, 1.54) is 31.2 Å². The van der Waals surface area contributed by atoms with Gasteiger partial charge < -0.3 is 14.2 Å². The lowest BCUT2D eigenvalue weighted by Crippen LogP contribution is -2.31. The zero-order chi connectivity index (χ0) is 19.0. The zero-order valence-corrected chi connectivity index (χ0v) is 15.0. The lowest BCUT2D eigenvalue weighted by Gasteiger charge is -2.16. The van der Waals surface area contributed by atoms with Gasteiger partial charge in [-0.3, -0.25) is 0 Å². The molecule has 0 saturated carbocycles. The fraction of sp³-hybridized carbons (Fsp3) is 0.421. The molecule has 0 bridgehead atoms. The maximum Gasteiger partial charge on any atom is 0.352 e. The molecule has 0 aliphatic carbocycles. The number of rotatable bonds is 8. The van der Waals surface area contributed by atoms with Crippen LogP contribution in [0.1, 0.15) is 50.9 Å². The van der Waals surface area contributed by atoms with E-state index in [1.54, 1.807) is 13.8 Å². The molecule has 0 radical (unpaired) electrons. The summed E-state index contributed by atoms with van der Waals surface area (Å²) in [6.45, 7) is 10.4. The first-order valence-corrected chi connectivity index (χ1v) is 8.13. The molecule has 1 atom stereocenters. The maximum atomic E-state index is 12.2. The second-order valence-electron chi connectivity index (χ2n) is 5.86. The Morgan fingerprint density at radius 1 is 1.08 bits per heavy atom. The predicted molar refractivity (Wildman–Crippen MR) is 92.2 cm³/mol. The topological polar surface area (TPSA) is 78.9 Å². The van der Waals surface area contributed by atoms with Gasteiger partial charge in [-0.15, -0.1) is 0 Å². The van der Waals surface area contributed by atoms with Crippen LogP contribution in [-0.4, -0.2) is 30.1 Å². The van der Waals surface area contributed by atoms with Crippen LogP contribution in [0, 0.1) is 0 Å². The molecule has 1 aromatic rings. The minimum atomic E-state index is -1.00. The first kappa shape index (κ1) is 20.4. The summed E-state index contributed by atoms with van der Waals surface area (Å²) in [6.07, 6.45) is -0.234. The van der Waals surface area contributed by atoms with E-state index < -0.39 is 24.0 Å². The molecule has 0 N–H and O–H groups in total. The molecule has 0 aliphatic heterocycles. The zero-order valence-electron chi connectivity index (χ0n) is 15.0. The summed E-state index contributed by atoms with van der Waals surface area (Å²) < 4.78 is 15.4. The second-order valence-corrected chi connectivity index (χ2v) is 5.86. The van der Waals surface area contributed by atoms with E-state index in [0.29, 0.717) is 18.4 Å². The van der Waals surface area contributed by atoms with Crippen molar-refractivity contribution in [3.05, 3.63) is 42.0 Å². The van der Waals surface area contributed by atoms with Gasteiger partial charge in [-0.05, 0) is 51.5 Å². The molecule has 1 unspecified atom stereocenters. The van der Waals surface area contributed by atoms with Crippen molar-refractivity contribution in [3.8, 4) is 5.75 Å². The Balaban J connectivity index is 2.75. The number of benzene rings is 1. The van der Waals surface area contributed by atoms with Gasteiger partial charge in [0.15, 0.2) is 6.10 Å². The fourth-order valence-electron chi connectivity index (χ4n) is 1.84. The number of carbonyl (C=O) groups excluding carboxylic acids is 3. The van der Waals surface area contributed by atoms with Crippen LogP contribution >= 0.6 is 0 Å². The molecule has 6 nitrogen and oxygen atoms in total. The van der Waals surface area contributed by atoms with Crippen molar-refractivity contribution in [2.75, 3.05) is 0 Å². The highest BCUT2D eigenvalue weighted by Gasteiger charge is 2.24. The molecule has 25 heavy (non-hydrogen) atoms. The van der Waals surface area contributed by atoms with Crippen LogP contribution < -0.4 is 4.74 Å². The van der Waals surface area contributed by atoms with Crippen molar-refractivity contribution < 1.29 is 28.6 Å². The standard InChI is InChI=1S/C19H24O6/c1-6-7-16(25-17(20)12(2)3)19(22)24-15-10-8-14(9-11-15)18(21)23-13(4)5/h8-11,13,16H,2,6-7H2,1,3-5H3. The molecule has 6 heteroatoms. The van der Waals surface area contributed by atoms with Gasteiger partial charge in [-0.1, -0.05) is 19.9 Å². The van der Waals surface area contributed by atoms with Gasteiger partial charge in [0.25, 0.3) is 0 Å². The molecular weight excluding hydrogens is 324 g/mol. The molecule has 0 heterocycles. The van der Waals surface area contributed by atoms with Crippen molar-refractivity contribution in [2.45, 2.75) is 52.7 Å². The minimum Gasteiger partial charge on any atom is -0.459 e. The average molecular weight is 348 g/mol. The molecule has 1 aromatic carbocycles. The summed E-state index contributed by atoms with van der Waals surface area (Å²) in [5, 5.41) is 0. The number of carbonyl (C=O) groups is 3. The largest absolute Gasteiger partial charge is 0.459 e. The first-order valence-electron chi connectivity index (χ1n) is 8.13. The van der Waals surface area contributed by atoms with Crippen LogP contribution in [-0.2, 0) is 19.1 Å². The molecule has 0 spiro atoms. The van der Waals surface area contributed by atoms with Gasteiger partial charge in [-0.25, -0.2) is 14.4 Å². The van der Waals surface area contributed by atoms with Crippen molar-refractivity contribution in [2.24, 2.45) is 0 Å². The molecule has 0 fully saturated rings. The van der Waals surface area contributed by atoms with Gasteiger partial charge in [0, 0.05) is 5.57 Å². The Morgan fingerprint density at radius 3 is 2.16 bits per heavy atom. The predicted octanol–water partition coefficient (Wildman–Crippen LogP) is 3.45. The van der Waals surface area contributed by atoms with Crippen LogP contribution in [0.25, 0.3) is 0 Å². The highest BCUT2D eigenvalue weighted by atomic mass is 16.6. The number of ether oxygens (including phenoxy) is 3. The molecule has 0 aliphatic rings. The van der Waals surface area contributed by atoms with E-state index in [4.69, 9.17) is 14.2 Å². The third-order valence-corrected chi connectivity index (χ3v) is 3.06. The average Bonchev–Trinajstić information content (AvgIpc) is 2.54. The maximum absolute atomic E-state index is 12.2. The van der Waals surface area contributed by atoms with Crippen LogP contribution in [0.4, 0.5) is 0 Å². The summed E-state index contributed by atoms with van der Waals surface area (Å²) >= 11 is 0. The lowest BCUT2D eigenvalue weighted by atomic mass is 10.2. The van der Waals surface area contributed by atoms with E-state index in [0.717, 1.165) is 0 Å². The van der Waals surface area contributed by atoms with Crippen LogP contribution in [0.15, 0.2) is 36.4 Å². The fourth-order valence-corrected chi connectivity index (χ4v) is 1.84. The van der Waals surface area contributed by atoms with Gasteiger partial charge in [0.1, 0.15) is 5.75 Å². The van der Waals surface area contributed by atoms with Crippen molar-refractivity contribution in [1.82, 2.24) is 0 Å². The number of hydrogen-bond donors (Lipinski definition) is 0. The van der Waals surface area contributed by atoms with E-state index >= 15 is 0 Å². The summed E-state index contributed by atoms with van der Waals surface area (Å²) in [7, 11) is 0. The molecule has 136 valence electrons. The van der Waals surface area contributed by atoms with Crippen molar-refractivity contribution >= 4 is 17.9 Å².